The number of amides is 2. The molecule has 1 aromatic rings. The van der Waals surface area contributed by atoms with E-state index in [1.165, 1.54) is 5.56 Å². The monoisotopic (exact) mass is 335 g/mol. The van der Waals surface area contributed by atoms with E-state index in [0.29, 0.717) is 26.2 Å². The molecule has 1 fully saturated rings. The Balaban J connectivity index is 0.000000891. The Bertz CT molecular complexity index is 574. The number of carbonyl (C=O) groups excluding carboxylic acids is 4. The van der Waals surface area contributed by atoms with Crippen LogP contribution in [0.25, 0.3) is 0 Å². The molecule has 130 valence electrons. The van der Waals surface area contributed by atoms with Gasteiger partial charge in [-0.1, -0.05) is 29.8 Å². The number of piperazine rings is 1. The summed E-state index contributed by atoms with van der Waals surface area (Å²) in [6.45, 7) is 4.28. The lowest BCUT2D eigenvalue weighted by atomic mass is 10.2. The van der Waals surface area contributed by atoms with Gasteiger partial charge in [-0.25, -0.2) is 4.79 Å². The highest BCUT2D eigenvalue weighted by atomic mass is 16.6. The van der Waals surface area contributed by atoms with E-state index in [2.05, 4.69) is 0 Å². The number of ether oxygens (including phenoxy) is 1. The molecule has 0 aliphatic carbocycles. The fourth-order valence-corrected chi connectivity index (χ4v) is 2.19. The quantitative estimate of drug-likeness (QED) is 0.842. The third kappa shape index (κ3) is 6.20. The summed E-state index contributed by atoms with van der Waals surface area (Å²) in [5.41, 5.74) is 7.46. The Morgan fingerprint density at radius 2 is 1.58 bits per heavy atom. The van der Waals surface area contributed by atoms with Gasteiger partial charge in [-0.3, -0.25) is 4.79 Å². The van der Waals surface area contributed by atoms with Crippen molar-refractivity contribution < 1.29 is 23.9 Å². The molecular weight excluding hydrogens is 314 g/mol. The molecule has 0 bridgehead atoms. The Kier molecular flexibility index (Phi) is 8.18. The number of benzene rings is 1. The van der Waals surface area contributed by atoms with E-state index in [1.807, 2.05) is 31.2 Å². The van der Waals surface area contributed by atoms with Gasteiger partial charge >= 0.3 is 12.2 Å². The van der Waals surface area contributed by atoms with Crippen molar-refractivity contribution in [3.8, 4) is 0 Å². The summed E-state index contributed by atoms with van der Waals surface area (Å²) >= 11 is 0. The molecule has 1 aliphatic rings. The summed E-state index contributed by atoms with van der Waals surface area (Å²) in [7, 11) is 0. The highest BCUT2D eigenvalue weighted by Gasteiger charge is 2.24. The number of carbonyl (C=O) groups is 2. The first-order valence-electron chi connectivity index (χ1n) is 7.46. The fraction of sp³-hybridized carbons (Fsp3) is 0.438. The van der Waals surface area contributed by atoms with E-state index in [1.54, 1.807) is 9.80 Å². The average Bonchev–Trinajstić information content (AvgIpc) is 2.61. The first-order chi connectivity index (χ1) is 11.5. The van der Waals surface area contributed by atoms with Crippen molar-refractivity contribution in [2.75, 3.05) is 32.7 Å². The zero-order valence-electron chi connectivity index (χ0n) is 13.6. The summed E-state index contributed by atoms with van der Waals surface area (Å²) in [5, 5.41) is 0. The highest BCUT2D eigenvalue weighted by Crippen LogP contribution is 2.08. The van der Waals surface area contributed by atoms with E-state index in [9.17, 15) is 9.59 Å². The minimum absolute atomic E-state index is 0.0118. The predicted molar refractivity (Wildman–Crippen MR) is 83.6 cm³/mol. The Labute approximate surface area is 140 Å². The minimum atomic E-state index is -0.338. The second-order valence-electron chi connectivity index (χ2n) is 5.20. The van der Waals surface area contributed by atoms with Crippen LogP contribution in [0, 0.1) is 6.92 Å². The summed E-state index contributed by atoms with van der Waals surface area (Å²) in [6, 6.07) is 7.86. The minimum Gasteiger partial charge on any atom is -0.445 e. The molecule has 2 rings (SSSR count). The number of aryl methyl sites for hydroxylation is 1. The third-order valence-corrected chi connectivity index (χ3v) is 3.55. The normalized spacial score (nSPS) is 13.4. The zero-order chi connectivity index (χ0) is 17.9. The van der Waals surface area contributed by atoms with Crippen molar-refractivity contribution in [1.29, 1.82) is 0 Å². The topological polar surface area (TPSA) is 110 Å². The van der Waals surface area contributed by atoms with Crippen LogP contribution in [0.1, 0.15) is 11.1 Å². The van der Waals surface area contributed by atoms with Crippen molar-refractivity contribution in [2.45, 2.75) is 13.5 Å². The summed E-state index contributed by atoms with van der Waals surface area (Å²) in [4.78, 5) is 42.9. The molecule has 8 heteroatoms. The van der Waals surface area contributed by atoms with Crippen LogP contribution in [-0.2, 0) is 25.7 Å². The van der Waals surface area contributed by atoms with Crippen LogP contribution in [0.15, 0.2) is 24.3 Å². The van der Waals surface area contributed by atoms with Crippen LogP contribution in [0.3, 0.4) is 0 Å². The maximum Gasteiger partial charge on any atom is 0.410 e. The SMILES string of the molecule is Cc1ccc(COC(=O)N2CCN(C(=O)CN)CC2)cc1.O=C=O. The van der Waals surface area contributed by atoms with Crippen molar-refractivity contribution in [3.63, 3.8) is 0 Å². The average molecular weight is 335 g/mol. The van der Waals surface area contributed by atoms with Crippen LogP contribution in [-0.4, -0.2) is 60.7 Å². The molecule has 0 spiro atoms. The van der Waals surface area contributed by atoms with Crippen LogP contribution < -0.4 is 5.73 Å². The number of nitrogens with two attached hydrogens (primary N) is 1. The predicted octanol–water partition coefficient (Wildman–Crippen LogP) is 0.151. The van der Waals surface area contributed by atoms with Gasteiger partial charge in [-0.2, -0.15) is 9.59 Å². The van der Waals surface area contributed by atoms with Gasteiger partial charge in [0.2, 0.25) is 5.91 Å². The molecule has 0 radical (unpaired) electrons. The van der Waals surface area contributed by atoms with Crippen molar-refractivity contribution in [1.82, 2.24) is 9.80 Å². The number of hydrogen-bond acceptors (Lipinski definition) is 6. The van der Waals surface area contributed by atoms with E-state index < -0.39 is 0 Å². The lowest BCUT2D eigenvalue weighted by molar-refractivity contribution is -0.191. The lowest BCUT2D eigenvalue weighted by Gasteiger charge is -2.33. The molecule has 0 saturated carbocycles. The molecule has 0 unspecified atom stereocenters. The van der Waals surface area contributed by atoms with Gasteiger partial charge in [-0.15, -0.1) is 0 Å². The van der Waals surface area contributed by atoms with Crippen molar-refractivity contribution in [2.24, 2.45) is 5.73 Å². The molecule has 1 saturated heterocycles. The highest BCUT2D eigenvalue weighted by molar-refractivity contribution is 5.78. The summed E-state index contributed by atoms with van der Waals surface area (Å²) in [5.74, 6) is -0.0809. The smallest absolute Gasteiger partial charge is 0.410 e. The van der Waals surface area contributed by atoms with E-state index >= 15 is 0 Å². The molecule has 8 nitrogen and oxygen atoms in total. The fourth-order valence-electron chi connectivity index (χ4n) is 2.19. The van der Waals surface area contributed by atoms with Gasteiger partial charge in [0.15, 0.2) is 0 Å². The number of hydrogen-bond donors (Lipinski definition) is 1. The lowest BCUT2D eigenvalue weighted by Crippen LogP contribution is -2.52. The summed E-state index contributed by atoms with van der Waals surface area (Å²) < 4.78 is 5.29. The Morgan fingerprint density at radius 1 is 1.08 bits per heavy atom. The number of nitrogens with zero attached hydrogens (tertiary/aromatic N) is 2. The molecule has 24 heavy (non-hydrogen) atoms. The van der Waals surface area contributed by atoms with Gasteiger partial charge in [0.25, 0.3) is 0 Å². The van der Waals surface area contributed by atoms with Crippen molar-refractivity contribution >= 4 is 18.2 Å². The van der Waals surface area contributed by atoms with Gasteiger partial charge in [0.05, 0.1) is 6.54 Å². The van der Waals surface area contributed by atoms with Crippen LogP contribution in [0.5, 0.6) is 0 Å². The van der Waals surface area contributed by atoms with Gasteiger partial charge < -0.3 is 20.3 Å². The molecule has 0 aromatic heterocycles. The van der Waals surface area contributed by atoms with Gasteiger partial charge in [0, 0.05) is 26.2 Å². The van der Waals surface area contributed by atoms with E-state index in [4.69, 9.17) is 20.1 Å². The standard InChI is InChI=1S/C15H21N3O3.CO2/c1-12-2-4-13(5-3-12)11-21-15(20)18-8-6-17(7-9-18)14(19)10-16;2-1-3/h2-5H,6-11,16H2,1H3;. The maximum absolute atomic E-state index is 12.0. The van der Waals surface area contributed by atoms with Crippen LogP contribution in [0.2, 0.25) is 0 Å². The number of rotatable bonds is 3. The first-order valence-corrected chi connectivity index (χ1v) is 7.46. The second kappa shape index (κ2) is 10.1. The Hall–Kier alpha value is -2.70. The zero-order valence-corrected chi connectivity index (χ0v) is 13.6. The molecule has 1 aliphatic heterocycles. The van der Waals surface area contributed by atoms with E-state index in [0.717, 1.165) is 5.56 Å². The second-order valence-corrected chi connectivity index (χ2v) is 5.20. The third-order valence-electron chi connectivity index (χ3n) is 3.55. The van der Waals surface area contributed by atoms with Crippen molar-refractivity contribution in [3.05, 3.63) is 35.4 Å². The van der Waals surface area contributed by atoms with Crippen LogP contribution in [0.4, 0.5) is 4.79 Å². The first kappa shape index (κ1) is 19.3. The largest absolute Gasteiger partial charge is 0.445 e. The molecule has 2 amide bonds. The van der Waals surface area contributed by atoms with E-state index in [-0.39, 0.29) is 31.3 Å². The molecule has 0 atom stereocenters. The maximum atomic E-state index is 12.0. The van der Waals surface area contributed by atoms with Gasteiger partial charge in [-0.05, 0) is 12.5 Å². The Morgan fingerprint density at radius 3 is 2.08 bits per heavy atom. The van der Waals surface area contributed by atoms with Crippen LogP contribution >= 0.6 is 0 Å². The van der Waals surface area contributed by atoms with Gasteiger partial charge in [0.1, 0.15) is 6.61 Å². The summed E-state index contributed by atoms with van der Waals surface area (Å²) in [6.07, 6.45) is -0.0876. The molecule has 1 aromatic carbocycles. The molecule has 1 heterocycles. The molecule has 2 N–H and O–H groups in total. The molecular formula is C16H21N3O5.